The Hall–Kier alpha value is -0.0800. The maximum Gasteiger partial charge on any atom is 0.00680 e. The molecule has 0 amide bonds. The molecule has 2 nitrogen and oxygen atoms in total. The van der Waals surface area contributed by atoms with Crippen molar-refractivity contribution in [1.29, 1.82) is 0 Å². The molecule has 0 aromatic heterocycles. The highest BCUT2D eigenvalue weighted by Crippen LogP contribution is 2.21. The molecule has 0 aliphatic carbocycles. The summed E-state index contributed by atoms with van der Waals surface area (Å²) < 4.78 is 0. The van der Waals surface area contributed by atoms with E-state index in [0.717, 1.165) is 11.8 Å². The number of hydrogen-bond donors (Lipinski definition) is 1. The van der Waals surface area contributed by atoms with Gasteiger partial charge in [0.15, 0.2) is 0 Å². The van der Waals surface area contributed by atoms with Gasteiger partial charge >= 0.3 is 0 Å². The fourth-order valence-electron chi connectivity index (χ4n) is 3.09. The van der Waals surface area contributed by atoms with Crippen LogP contribution in [0.5, 0.6) is 0 Å². The smallest absolute Gasteiger partial charge is 0.00680 e. The number of hydrogen-bond acceptors (Lipinski definition) is 2. The van der Waals surface area contributed by atoms with Crippen LogP contribution in [0.3, 0.4) is 0 Å². The van der Waals surface area contributed by atoms with Gasteiger partial charge in [-0.05, 0) is 64.2 Å². The summed E-state index contributed by atoms with van der Waals surface area (Å²) in [5, 5.41) is 3.78. The average Bonchev–Trinajstić information content (AvgIpc) is 2.41. The van der Waals surface area contributed by atoms with Gasteiger partial charge in [0.2, 0.25) is 0 Å². The Bertz CT molecular complexity index is 193. The Morgan fingerprint density at radius 1 is 1.11 bits per heavy atom. The fraction of sp³-hybridized carbons (Fsp3) is 1.00. The first-order chi connectivity index (χ1) is 8.71. The van der Waals surface area contributed by atoms with Crippen LogP contribution in [0.2, 0.25) is 0 Å². The highest BCUT2D eigenvalue weighted by atomic mass is 15.1. The third-order valence-corrected chi connectivity index (χ3v) is 4.76. The lowest BCUT2D eigenvalue weighted by Gasteiger charge is -2.35. The SMILES string of the molecule is CCCN1CCC(C(C)NCC(CC)CC)CC1. The lowest BCUT2D eigenvalue weighted by atomic mass is 9.89. The molecule has 0 aromatic carbocycles. The predicted molar refractivity (Wildman–Crippen MR) is 81.0 cm³/mol. The van der Waals surface area contributed by atoms with Gasteiger partial charge in [-0.15, -0.1) is 0 Å². The van der Waals surface area contributed by atoms with Crippen molar-refractivity contribution < 1.29 is 0 Å². The standard InChI is InChI=1S/C16H34N2/c1-5-10-18-11-8-16(9-12-18)14(4)17-13-15(6-2)7-3/h14-17H,5-13H2,1-4H3. The van der Waals surface area contributed by atoms with Crippen LogP contribution in [0.1, 0.15) is 59.8 Å². The number of nitrogens with one attached hydrogen (secondary N) is 1. The zero-order valence-electron chi connectivity index (χ0n) is 13.0. The quantitative estimate of drug-likeness (QED) is 0.713. The summed E-state index contributed by atoms with van der Waals surface area (Å²) in [5.41, 5.74) is 0. The molecule has 1 aliphatic rings. The molecular weight excluding hydrogens is 220 g/mol. The van der Waals surface area contributed by atoms with Crippen LogP contribution in [0, 0.1) is 11.8 Å². The van der Waals surface area contributed by atoms with Crippen molar-refractivity contribution in [2.24, 2.45) is 11.8 Å². The Morgan fingerprint density at radius 2 is 1.72 bits per heavy atom. The van der Waals surface area contributed by atoms with E-state index in [0.29, 0.717) is 6.04 Å². The largest absolute Gasteiger partial charge is 0.314 e. The monoisotopic (exact) mass is 254 g/mol. The molecule has 18 heavy (non-hydrogen) atoms. The molecule has 1 N–H and O–H groups in total. The summed E-state index contributed by atoms with van der Waals surface area (Å²) in [6, 6.07) is 0.703. The minimum absolute atomic E-state index is 0.703. The summed E-state index contributed by atoms with van der Waals surface area (Å²) in [6.45, 7) is 14.4. The van der Waals surface area contributed by atoms with E-state index in [4.69, 9.17) is 0 Å². The topological polar surface area (TPSA) is 15.3 Å². The van der Waals surface area contributed by atoms with Gasteiger partial charge in [0, 0.05) is 6.04 Å². The van der Waals surface area contributed by atoms with E-state index in [2.05, 4.69) is 37.9 Å². The summed E-state index contributed by atoms with van der Waals surface area (Å²) in [7, 11) is 0. The number of rotatable bonds is 8. The summed E-state index contributed by atoms with van der Waals surface area (Å²) in [6.07, 6.45) is 6.69. The molecule has 0 spiro atoms. The highest BCUT2D eigenvalue weighted by molar-refractivity contribution is 4.80. The molecule has 0 radical (unpaired) electrons. The second-order valence-corrected chi connectivity index (χ2v) is 6.06. The van der Waals surface area contributed by atoms with Crippen LogP contribution in [-0.2, 0) is 0 Å². The lowest BCUT2D eigenvalue weighted by Crippen LogP contribution is -2.43. The van der Waals surface area contributed by atoms with Crippen LogP contribution in [0.4, 0.5) is 0 Å². The van der Waals surface area contributed by atoms with Crippen molar-refractivity contribution >= 4 is 0 Å². The first-order valence-electron chi connectivity index (χ1n) is 8.16. The second-order valence-electron chi connectivity index (χ2n) is 6.06. The Labute approximate surface area is 115 Å². The minimum Gasteiger partial charge on any atom is -0.314 e. The third kappa shape index (κ3) is 5.27. The molecule has 0 saturated carbocycles. The zero-order valence-corrected chi connectivity index (χ0v) is 13.0. The molecule has 1 aliphatic heterocycles. The Balaban J connectivity index is 2.21. The molecule has 2 heteroatoms. The molecule has 0 bridgehead atoms. The molecule has 108 valence electrons. The van der Waals surface area contributed by atoms with Crippen LogP contribution < -0.4 is 5.32 Å². The van der Waals surface area contributed by atoms with Crippen LogP contribution in [0.15, 0.2) is 0 Å². The minimum atomic E-state index is 0.703. The molecular formula is C16H34N2. The van der Waals surface area contributed by atoms with Crippen LogP contribution in [-0.4, -0.2) is 37.1 Å². The van der Waals surface area contributed by atoms with Crippen molar-refractivity contribution in [3.63, 3.8) is 0 Å². The maximum absolute atomic E-state index is 3.78. The van der Waals surface area contributed by atoms with Gasteiger partial charge in [0.05, 0.1) is 0 Å². The van der Waals surface area contributed by atoms with Crippen molar-refractivity contribution in [2.45, 2.75) is 65.8 Å². The van der Waals surface area contributed by atoms with Crippen LogP contribution >= 0.6 is 0 Å². The average molecular weight is 254 g/mol. The number of likely N-dealkylation sites (tertiary alicyclic amines) is 1. The highest BCUT2D eigenvalue weighted by Gasteiger charge is 2.23. The van der Waals surface area contributed by atoms with Crippen LogP contribution in [0.25, 0.3) is 0 Å². The summed E-state index contributed by atoms with van der Waals surface area (Å²) in [4.78, 5) is 2.63. The fourth-order valence-corrected chi connectivity index (χ4v) is 3.09. The van der Waals surface area contributed by atoms with E-state index in [1.807, 2.05) is 0 Å². The lowest BCUT2D eigenvalue weighted by molar-refractivity contribution is 0.161. The van der Waals surface area contributed by atoms with Gasteiger partial charge in [0.25, 0.3) is 0 Å². The summed E-state index contributed by atoms with van der Waals surface area (Å²) >= 11 is 0. The van der Waals surface area contributed by atoms with E-state index in [1.54, 1.807) is 0 Å². The van der Waals surface area contributed by atoms with E-state index in [9.17, 15) is 0 Å². The molecule has 0 aromatic rings. The number of nitrogens with zero attached hydrogens (tertiary/aromatic N) is 1. The molecule has 1 saturated heterocycles. The Morgan fingerprint density at radius 3 is 2.22 bits per heavy atom. The van der Waals surface area contributed by atoms with Crippen molar-refractivity contribution in [3.8, 4) is 0 Å². The van der Waals surface area contributed by atoms with Gasteiger partial charge in [-0.3, -0.25) is 0 Å². The first kappa shape index (κ1) is 16.0. The summed E-state index contributed by atoms with van der Waals surface area (Å²) in [5.74, 6) is 1.76. The van der Waals surface area contributed by atoms with E-state index < -0.39 is 0 Å². The van der Waals surface area contributed by atoms with Crippen molar-refractivity contribution in [3.05, 3.63) is 0 Å². The first-order valence-corrected chi connectivity index (χ1v) is 8.16. The normalized spacial score (nSPS) is 20.5. The van der Waals surface area contributed by atoms with Gasteiger partial charge < -0.3 is 10.2 Å². The van der Waals surface area contributed by atoms with Gasteiger partial charge in [-0.1, -0.05) is 33.6 Å². The molecule has 1 heterocycles. The van der Waals surface area contributed by atoms with Gasteiger partial charge in [0.1, 0.15) is 0 Å². The Kier molecular flexibility index (Phi) is 7.92. The zero-order chi connectivity index (χ0) is 13.4. The van der Waals surface area contributed by atoms with E-state index in [1.165, 1.54) is 58.3 Å². The number of piperidine rings is 1. The molecule has 1 atom stereocenters. The van der Waals surface area contributed by atoms with Gasteiger partial charge in [-0.2, -0.15) is 0 Å². The van der Waals surface area contributed by atoms with Crippen molar-refractivity contribution in [2.75, 3.05) is 26.2 Å². The van der Waals surface area contributed by atoms with E-state index in [-0.39, 0.29) is 0 Å². The molecule has 1 rings (SSSR count). The van der Waals surface area contributed by atoms with Gasteiger partial charge in [-0.25, -0.2) is 0 Å². The third-order valence-electron chi connectivity index (χ3n) is 4.76. The predicted octanol–water partition coefficient (Wildman–Crippen LogP) is 3.52. The maximum atomic E-state index is 3.78. The van der Waals surface area contributed by atoms with E-state index >= 15 is 0 Å². The second kappa shape index (κ2) is 8.92. The molecule has 1 fully saturated rings. The van der Waals surface area contributed by atoms with Crippen molar-refractivity contribution in [1.82, 2.24) is 10.2 Å². The molecule has 1 unspecified atom stereocenters.